The number of ether oxygens (including phenoxy) is 2. The summed E-state index contributed by atoms with van der Waals surface area (Å²) in [7, 11) is 5.26. The number of hydrogen-bond acceptors (Lipinski definition) is 7. The Morgan fingerprint density at radius 2 is 1.91 bits per heavy atom. The van der Waals surface area contributed by atoms with Crippen molar-refractivity contribution in [3.8, 4) is 17.3 Å². The van der Waals surface area contributed by atoms with Crippen molar-refractivity contribution in [2.75, 3.05) is 27.4 Å². The van der Waals surface area contributed by atoms with Gasteiger partial charge in [0.1, 0.15) is 16.9 Å². The van der Waals surface area contributed by atoms with Gasteiger partial charge in [-0.15, -0.1) is 0 Å². The summed E-state index contributed by atoms with van der Waals surface area (Å²) in [4.78, 5) is 38.9. The number of methoxy groups -OCH3 is 2. The number of amides is 2. The van der Waals surface area contributed by atoms with Gasteiger partial charge in [0.2, 0.25) is 5.91 Å². The molecule has 11 heteroatoms. The van der Waals surface area contributed by atoms with Gasteiger partial charge in [-0.1, -0.05) is 12.8 Å². The van der Waals surface area contributed by atoms with Gasteiger partial charge in [0.15, 0.2) is 5.82 Å². The largest absolute Gasteiger partial charge is 0.494 e. The minimum Gasteiger partial charge on any atom is -0.494 e. The van der Waals surface area contributed by atoms with Crippen molar-refractivity contribution in [1.29, 1.82) is 0 Å². The second-order valence-electron chi connectivity index (χ2n) is 13.4. The number of fused-ring (bicyclic) bond motifs is 3. The maximum Gasteiger partial charge on any atom is 0.254 e. The summed E-state index contributed by atoms with van der Waals surface area (Å²) in [6, 6.07) is 9.43. The van der Waals surface area contributed by atoms with Crippen molar-refractivity contribution < 1.29 is 19.1 Å². The molecule has 2 bridgehead atoms. The molecule has 1 aromatic carbocycles. The molecule has 2 fully saturated rings. The number of aromatic nitrogens is 4. The van der Waals surface area contributed by atoms with Crippen molar-refractivity contribution in [1.82, 2.24) is 29.3 Å². The van der Waals surface area contributed by atoms with Gasteiger partial charge in [-0.2, -0.15) is 0 Å². The van der Waals surface area contributed by atoms with Gasteiger partial charge in [-0.05, 0) is 75.3 Å². The molecule has 1 saturated heterocycles. The van der Waals surface area contributed by atoms with E-state index >= 15 is 0 Å². The van der Waals surface area contributed by atoms with Gasteiger partial charge in [0.05, 0.1) is 42.7 Å². The fourth-order valence-electron chi connectivity index (χ4n) is 7.64. The maximum absolute atomic E-state index is 13.9. The highest BCUT2D eigenvalue weighted by molar-refractivity contribution is 6.00. The first-order valence-electron chi connectivity index (χ1n) is 16.7. The van der Waals surface area contributed by atoms with Crippen LogP contribution >= 0.6 is 0 Å². The number of benzene rings is 1. The summed E-state index contributed by atoms with van der Waals surface area (Å²) in [6.45, 7) is 3.85. The molecule has 0 spiro atoms. The van der Waals surface area contributed by atoms with Gasteiger partial charge in [0, 0.05) is 50.2 Å². The number of piperidine rings is 1. The Balaban J connectivity index is 1.29. The second-order valence-corrected chi connectivity index (χ2v) is 13.4. The summed E-state index contributed by atoms with van der Waals surface area (Å²) in [6.07, 6.45) is 7.03. The van der Waals surface area contributed by atoms with Crippen LogP contribution in [0.25, 0.3) is 33.6 Å². The Morgan fingerprint density at radius 1 is 1.07 bits per heavy atom. The van der Waals surface area contributed by atoms with E-state index in [-0.39, 0.29) is 35.9 Å². The number of nitrogens with two attached hydrogens (primary N) is 1. The van der Waals surface area contributed by atoms with Crippen LogP contribution in [0.5, 0.6) is 5.75 Å². The summed E-state index contributed by atoms with van der Waals surface area (Å²) in [5.41, 5.74) is 11.1. The molecule has 3 aliphatic rings. The van der Waals surface area contributed by atoms with E-state index in [1.54, 1.807) is 14.2 Å². The van der Waals surface area contributed by atoms with E-state index in [2.05, 4.69) is 22.0 Å². The van der Waals surface area contributed by atoms with Crippen molar-refractivity contribution in [3.05, 3.63) is 41.6 Å². The molecule has 1 saturated carbocycles. The van der Waals surface area contributed by atoms with Crippen molar-refractivity contribution in [2.45, 2.75) is 76.5 Å². The molecule has 244 valence electrons. The number of carbonyl (C=O) groups is 2. The second kappa shape index (κ2) is 12.3. The molecule has 0 unspecified atom stereocenters. The van der Waals surface area contributed by atoms with E-state index in [9.17, 15) is 9.59 Å². The molecule has 7 rings (SSSR count). The molecule has 2 amide bonds. The number of nitrogens with one attached hydrogen (secondary N) is 1. The van der Waals surface area contributed by atoms with Crippen molar-refractivity contribution >= 4 is 33.9 Å². The minimum atomic E-state index is -0.184. The van der Waals surface area contributed by atoms with Crippen LogP contribution in [-0.2, 0) is 23.1 Å². The molecule has 5 heterocycles. The normalized spacial score (nSPS) is 25.4. The van der Waals surface area contributed by atoms with E-state index in [0.29, 0.717) is 35.9 Å². The molecule has 5 atom stereocenters. The SMILES string of the molecule is COC[C@@H]1[C@H](N)CCCN1C(=O)c1cc(OC)c2c(c1)nc(-c1cc3ccc4nc3n1CCCCC[C@@H]1C[C@H]1C(=O)N[C@@H]4C)n2C. The first-order valence-corrected chi connectivity index (χ1v) is 16.7. The Kier molecular flexibility index (Phi) is 8.23. The Bertz CT molecular complexity index is 1790. The van der Waals surface area contributed by atoms with Gasteiger partial charge < -0.3 is 34.6 Å². The average Bonchev–Trinajstić information content (AvgIpc) is 3.64. The third-order valence-electron chi connectivity index (χ3n) is 10.3. The molecule has 1 aliphatic carbocycles. The van der Waals surface area contributed by atoms with Gasteiger partial charge in [-0.25, -0.2) is 9.97 Å². The van der Waals surface area contributed by atoms with Crippen LogP contribution in [0.2, 0.25) is 0 Å². The molecule has 11 nitrogen and oxygen atoms in total. The lowest BCUT2D eigenvalue weighted by Gasteiger charge is -2.39. The minimum absolute atomic E-state index is 0.0951. The van der Waals surface area contributed by atoms with Crippen LogP contribution in [-0.4, -0.2) is 75.3 Å². The first kappa shape index (κ1) is 30.7. The maximum atomic E-state index is 13.9. The van der Waals surface area contributed by atoms with Crippen LogP contribution in [0.4, 0.5) is 0 Å². The van der Waals surface area contributed by atoms with E-state index in [0.717, 1.165) is 85.3 Å². The number of likely N-dealkylation sites (tertiary alicyclic amines) is 1. The molecular formula is C35H45N7O4. The number of nitrogens with zero attached hydrogens (tertiary/aromatic N) is 5. The zero-order valence-corrected chi connectivity index (χ0v) is 27.3. The highest BCUT2D eigenvalue weighted by Gasteiger charge is 2.42. The van der Waals surface area contributed by atoms with Gasteiger partial charge >= 0.3 is 0 Å². The van der Waals surface area contributed by atoms with Gasteiger partial charge in [0.25, 0.3) is 5.91 Å². The Hall–Kier alpha value is -3.96. The van der Waals surface area contributed by atoms with Crippen molar-refractivity contribution in [3.63, 3.8) is 0 Å². The number of hydrogen-bond donors (Lipinski definition) is 2. The molecule has 2 aliphatic heterocycles. The molecule has 46 heavy (non-hydrogen) atoms. The molecular weight excluding hydrogens is 582 g/mol. The third-order valence-corrected chi connectivity index (χ3v) is 10.3. The number of carbonyl (C=O) groups excluding carboxylic acids is 2. The number of rotatable bonds is 5. The van der Waals surface area contributed by atoms with Crippen molar-refractivity contribution in [2.24, 2.45) is 24.6 Å². The average molecular weight is 628 g/mol. The number of aryl methyl sites for hydroxylation is 2. The van der Waals surface area contributed by atoms with Crippen LogP contribution in [0, 0.1) is 11.8 Å². The first-order chi connectivity index (χ1) is 22.3. The predicted molar refractivity (Wildman–Crippen MR) is 177 cm³/mol. The van der Waals surface area contributed by atoms with Crippen LogP contribution in [0.1, 0.15) is 74.0 Å². The summed E-state index contributed by atoms with van der Waals surface area (Å²) < 4.78 is 15.6. The fourth-order valence-corrected chi connectivity index (χ4v) is 7.64. The quantitative estimate of drug-likeness (QED) is 0.332. The molecule has 3 aromatic heterocycles. The Morgan fingerprint density at radius 3 is 2.72 bits per heavy atom. The zero-order chi connectivity index (χ0) is 32.1. The summed E-state index contributed by atoms with van der Waals surface area (Å²) in [5.74, 6) is 2.08. The van der Waals surface area contributed by atoms with Crippen LogP contribution in [0.3, 0.4) is 0 Å². The number of imidazole rings is 1. The fraction of sp³-hybridized carbons (Fsp3) is 0.543. The molecule has 4 aromatic rings. The smallest absolute Gasteiger partial charge is 0.254 e. The summed E-state index contributed by atoms with van der Waals surface area (Å²) >= 11 is 0. The zero-order valence-electron chi connectivity index (χ0n) is 27.3. The van der Waals surface area contributed by atoms with E-state index in [1.165, 1.54) is 0 Å². The lowest BCUT2D eigenvalue weighted by Crippen LogP contribution is -2.56. The topological polar surface area (TPSA) is 130 Å². The van der Waals surface area contributed by atoms with Crippen LogP contribution in [0.15, 0.2) is 30.3 Å². The van der Waals surface area contributed by atoms with Gasteiger partial charge in [-0.3, -0.25) is 9.59 Å². The highest BCUT2D eigenvalue weighted by Crippen LogP contribution is 2.43. The molecule has 3 N–H and O–H groups in total. The highest BCUT2D eigenvalue weighted by atomic mass is 16.5. The predicted octanol–water partition coefficient (Wildman–Crippen LogP) is 4.56. The summed E-state index contributed by atoms with van der Waals surface area (Å²) in [5, 5.41) is 4.23. The number of pyridine rings is 1. The van der Waals surface area contributed by atoms with E-state index in [4.69, 9.17) is 25.2 Å². The van der Waals surface area contributed by atoms with E-state index < -0.39 is 0 Å². The van der Waals surface area contributed by atoms with Crippen LogP contribution < -0.4 is 15.8 Å². The lowest BCUT2D eigenvalue weighted by atomic mass is 9.96. The van der Waals surface area contributed by atoms with E-state index in [1.807, 2.05) is 41.6 Å². The monoisotopic (exact) mass is 627 g/mol. The standard InChI is InChI=1S/C35H45N7O4/c1-20-26-12-11-22-17-28(41(32(22)38-26)13-7-5-6-9-21-15-24(21)34(43)37-20)33-39-27-16-23(18-30(46-4)31(27)40(33)2)35(44)42-14-8-10-25(36)29(42)19-45-3/h11-12,16-18,20-21,24-25,29H,5-10,13-15,19,36H2,1-4H3,(H,37,43)/t20-,21-,24-,25-,29-/m1/s1. The lowest BCUT2D eigenvalue weighted by molar-refractivity contribution is -0.123. The molecule has 0 radical (unpaired) electrons. The third kappa shape index (κ3) is 5.43. The Labute approximate surface area is 269 Å².